The van der Waals surface area contributed by atoms with Crippen LogP contribution >= 0.6 is 11.6 Å². The molecule has 0 radical (unpaired) electrons. The van der Waals surface area contributed by atoms with Crippen LogP contribution in [0.1, 0.15) is 15.9 Å². The van der Waals surface area contributed by atoms with Crippen LogP contribution in [-0.2, 0) is 6.54 Å². The third-order valence-electron chi connectivity index (χ3n) is 2.56. The second-order valence-corrected chi connectivity index (χ2v) is 4.42. The monoisotopic (exact) mass is 354 g/mol. The zero-order chi connectivity index (χ0) is 13.7. The highest BCUT2D eigenvalue weighted by Crippen LogP contribution is 2.11. The Morgan fingerprint density at radius 3 is 2.85 bits per heavy atom. The van der Waals surface area contributed by atoms with Crippen LogP contribution in [-0.4, -0.2) is 17.2 Å². The number of benzene rings is 1. The number of hydrogen-bond acceptors (Lipinski definition) is 3. The van der Waals surface area contributed by atoms with Gasteiger partial charge < -0.3 is 22.2 Å². The van der Waals surface area contributed by atoms with Gasteiger partial charge in [0.25, 0.3) is 0 Å². The van der Waals surface area contributed by atoms with Gasteiger partial charge in [-0.05, 0) is 18.2 Å². The number of oxime groups is 1. The molecule has 0 saturated heterocycles. The number of ketones is 1. The number of halogens is 2. The summed E-state index contributed by atoms with van der Waals surface area (Å²) in [5.41, 5.74) is 1.28. The van der Waals surface area contributed by atoms with Gasteiger partial charge in [-0.1, -0.05) is 28.9 Å². The van der Waals surface area contributed by atoms with E-state index in [9.17, 15) is 4.79 Å². The molecule has 2 aromatic rings. The maximum Gasteiger partial charge on any atom is 0.227 e. The van der Waals surface area contributed by atoms with Crippen molar-refractivity contribution in [3.8, 4) is 0 Å². The Labute approximate surface area is 132 Å². The molecule has 0 amide bonds. The number of carbonyl (C=O) groups is 1. The lowest BCUT2D eigenvalue weighted by atomic mass is 10.1. The van der Waals surface area contributed by atoms with Crippen molar-refractivity contribution in [1.82, 2.24) is 0 Å². The molecule has 4 nitrogen and oxygen atoms in total. The van der Waals surface area contributed by atoms with E-state index in [-0.39, 0.29) is 29.3 Å². The van der Waals surface area contributed by atoms with Crippen molar-refractivity contribution < 1.29 is 31.6 Å². The van der Waals surface area contributed by atoms with Gasteiger partial charge in [-0.25, -0.2) is 0 Å². The molecule has 0 atom stereocenters. The molecule has 104 valence electrons. The van der Waals surface area contributed by atoms with Crippen LogP contribution in [0.2, 0.25) is 5.02 Å². The predicted molar refractivity (Wildman–Crippen MR) is 71.8 cm³/mol. The fraction of sp³-hybridized carbons (Fsp3) is 0.0714. The molecule has 0 saturated carbocycles. The average molecular weight is 356 g/mol. The summed E-state index contributed by atoms with van der Waals surface area (Å²) < 4.78 is 1.72. The Hall–Kier alpha value is -1.72. The SMILES string of the molecule is O=C(C[n+]1cccc(C=NO)c1)c1cccc(Cl)c1.[Br-]. The van der Waals surface area contributed by atoms with Gasteiger partial charge >= 0.3 is 0 Å². The highest BCUT2D eigenvalue weighted by Gasteiger charge is 2.12. The van der Waals surface area contributed by atoms with E-state index in [4.69, 9.17) is 16.8 Å². The van der Waals surface area contributed by atoms with E-state index in [1.165, 1.54) is 6.21 Å². The van der Waals surface area contributed by atoms with Crippen LogP contribution in [0.5, 0.6) is 0 Å². The molecule has 2 rings (SSSR count). The molecule has 0 fully saturated rings. The van der Waals surface area contributed by atoms with Gasteiger partial charge in [-0.3, -0.25) is 4.79 Å². The summed E-state index contributed by atoms with van der Waals surface area (Å²) in [5.74, 6) is -0.0365. The largest absolute Gasteiger partial charge is 1.00 e. The van der Waals surface area contributed by atoms with Crippen LogP contribution in [0.25, 0.3) is 0 Å². The number of nitrogens with zero attached hydrogens (tertiary/aromatic N) is 2. The van der Waals surface area contributed by atoms with Crippen molar-refractivity contribution >= 4 is 23.6 Å². The first-order chi connectivity index (χ1) is 9.19. The second-order valence-electron chi connectivity index (χ2n) is 3.99. The number of Topliss-reactive ketones (excluding diaryl/α,β-unsaturated/α-hetero) is 1. The Morgan fingerprint density at radius 1 is 1.35 bits per heavy atom. The minimum Gasteiger partial charge on any atom is -1.00 e. The quantitative estimate of drug-likeness (QED) is 0.260. The van der Waals surface area contributed by atoms with Gasteiger partial charge in [-0.15, -0.1) is 0 Å². The van der Waals surface area contributed by atoms with Crippen LogP contribution in [0.15, 0.2) is 53.9 Å². The van der Waals surface area contributed by atoms with Gasteiger partial charge in [-0.2, -0.15) is 4.57 Å². The molecule has 20 heavy (non-hydrogen) atoms. The Balaban J connectivity index is 0.00000200. The van der Waals surface area contributed by atoms with Crippen LogP contribution < -0.4 is 21.5 Å². The van der Waals surface area contributed by atoms with Crippen LogP contribution in [0, 0.1) is 0 Å². The van der Waals surface area contributed by atoms with Gasteiger partial charge in [0.05, 0.1) is 11.8 Å². The molecule has 1 aromatic carbocycles. The van der Waals surface area contributed by atoms with Gasteiger partial charge in [0, 0.05) is 16.7 Å². The molecular weight excluding hydrogens is 344 g/mol. The normalized spacial score (nSPS) is 10.2. The first-order valence-electron chi connectivity index (χ1n) is 5.64. The van der Waals surface area contributed by atoms with Crippen molar-refractivity contribution in [2.75, 3.05) is 0 Å². The average Bonchev–Trinajstić information content (AvgIpc) is 2.39. The zero-order valence-electron chi connectivity index (χ0n) is 10.4. The lowest BCUT2D eigenvalue weighted by Gasteiger charge is -1.99. The second kappa shape index (κ2) is 7.77. The van der Waals surface area contributed by atoms with E-state index in [2.05, 4.69) is 5.16 Å². The lowest BCUT2D eigenvalue weighted by molar-refractivity contribution is -0.683. The minimum absolute atomic E-state index is 0. The number of aromatic nitrogens is 1. The molecule has 0 bridgehead atoms. The van der Waals surface area contributed by atoms with Crippen molar-refractivity contribution in [3.63, 3.8) is 0 Å². The van der Waals surface area contributed by atoms with E-state index in [0.29, 0.717) is 16.1 Å². The van der Waals surface area contributed by atoms with Crippen LogP contribution in [0.4, 0.5) is 0 Å². The number of rotatable bonds is 4. The highest BCUT2D eigenvalue weighted by molar-refractivity contribution is 6.30. The maximum absolute atomic E-state index is 12.1. The molecule has 0 aliphatic carbocycles. The fourth-order valence-electron chi connectivity index (χ4n) is 1.70. The summed E-state index contributed by atoms with van der Waals surface area (Å²) in [7, 11) is 0. The molecular formula is C14H12BrClN2O2. The van der Waals surface area contributed by atoms with Crippen LogP contribution in [0.3, 0.4) is 0 Å². The van der Waals surface area contributed by atoms with Crippen molar-refractivity contribution in [1.29, 1.82) is 0 Å². The van der Waals surface area contributed by atoms with E-state index in [1.54, 1.807) is 53.4 Å². The highest BCUT2D eigenvalue weighted by atomic mass is 79.9. The summed E-state index contributed by atoms with van der Waals surface area (Å²) in [6, 6.07) is 10.4. The molecule has 0 unspecified atom stereocenters. The molecule has 1 aromatic heterocycles. The van der Waals surface area contributed by atoms with Crippen molar-refractivity contribution in [2.24, 2.45) is 5.16 Å². The van der Waals surface area contributed by atoms with Crippen molar-refractivity contribution in [3.05, 3.63) is 64.9 Å². The van der Waals surface area contributed by atoms with Gasteiger partial charge in [0.2, 0.25) is 12.3 Å². The number of carbonyl (C=O) groups excluding carboxylic acids is 1. The molecule has 0 aliphatic heterocycles. The predicted octanol–water partition coefficient (Wildman–Crippen LogP) is -0.677. The molecule has 1 heterocycles. The molecule has 0 aliphatic rings. The minimum atomic E-state index is -0.0365. The lowest BCUT2D eigenvalue weighted by Crippen LogP contribution is -3.00. The van der Waals surface area contributed by atoms with E-state index >= 15 is 0 Å². The maximum atomic E-state index is 12.1. The summed E-state index contributed by atoms with van der Waals surface area (Å²) >= 11 is 5.85. The zero-order valence-corrected chi connectivity index (χ0v) is 12.8. The fourth-order valence-corrected chi connectivity index (χ4v) is 1.89. The topological polar surface area (TPSA) is 53.5 Å². The van der Waals surface area contributed by atoms with Crippen molar-refractivity contribution in [2.45, 2.75) is 6.54 Å². The first-order valence-corrected chi connectivity index (χ1v) is 6.02. The van der Waals surface area contributed by atoms with E-state index in [0.717, 1.165) is 0 Å². The van der Waals surface area contributed by atoms with Gasteiger partial charge in [0.15, 0.2) is 12.4 Å². The Morgan fingerprint density at radius 2 is 2.15 bits per heavy atom. The summed E-state index contributed by atoms with van der Waals surface area (Å²) in [4.78, 5) is 12.1. The standard InChI is InChI=1S/C14H11ClN2O2.BrH/c15-13-5-1-4-12(7-13)14(18)10-17-6-2-3-11(9-17)8-16-19;/h1-9H,10H2;1H. The number of hydrogen-bond donors (Lipinski definition) is 1. The summed E-state index contributed by atoms with van der Waals surface area (Å²) in [6.45, 7) is 0.202. The molecule has 1 N–H and O–H groups in total. The smallest absolute Gasteiger partial charge is 0.227 e. The van der Waals surface area contributed by atoms with E-state index in [1.807, 2.05) is 0 Å². The Kier molecular flexibility index (Phi) is 6.35. The third-order valence-corrected chi connectivity index (χ3v) is 2.80. The summed E-state index contributed by atoms with van der Waals surface area (Å²) in [5, 5.41) is 12.0. The van der Waals surface area contributed by atoms with E-state index < -0.39 is 0 Å². The summed E-state index contributed by atoms with van der Waals surface area (Å²) in [6.07, 6.45) is 4.81. The number of pyridine rings is 1. The molecule has 6 heteroatoms. The Bertz CT molecular complexity index is 632. The molecule has 0 spiro atoms. The first kappa shape index (κ1) is 16.3. The third kappa shape index (κ3) is 4.43. The van der Waals surface area contributed by atoms with Gasteiger partial charge in [0.1, 0.15) is 0 Å².